The molecule has 1 aliphatic rings. The van der Waals surface area contributed by atoms with Crippen LogP contribution in [0.25, 0.3) is 0 Å². The first-order chi connectivity index (χ1) is 11.3. The van der Waals surface area contributed by atoms with Gasteiger partial charge in [0.25, 0.3) is 0 Å². The number of nitrogens with one attached hydrogen (secondary N) is 1. The van der Waals surface area contributed by atoms with Crippen LogP contribution in [0.2, 0.25) is 0 Å². The molecule has 0 radical (unpaired) electrons. The van der Waals surface area contributed by atoms with Crippen LogP contribution in [-0.2, 0) is 4.79 Å². The molecular weight excluding hydrogens is 316 g/mol. The normalized spacial score (nSPS) is 16.1. The topological polar surface area (TPSA) is 80.3 Å². The van der Waals surface area contributed by atoms with E-state index in [2.05, 4.69) is 15.2 Å². The zero-order chi connectivity index (χ0) is 16.1. The van der Waals surface area contributed by atoms with Gasteiger partial charge in [0.05, 0.1) is 12.3 Å². The summed E-state index contributed by atoms with van der Waals surface area (Å²) in [4.78, 5) is 18.1. The molecule has 2 aromatic rings. The van der Waals surface area contributed by atoms with Gasteiger partial charge < -0.3 is 14.4 Å². The van der Waals surface area contributed by atoms with Gasteiger partial charge in [-0.1, -0.05) is 23.9 Å². The van der Waals surface area contributed by atoms with Crippen LogP contribution in [0.3, 0.4) is 0 Å². The minimum Gasteiger partial charge on any atom is -0.486 e. The molecule has 1 aromatic carbocycles. The molecule has 0 unspecified atom stereocenters. The Labute approximate surface area is 138 Å². The number of hydrogen-bond acceptors (Lipinski definition) is 6. The molecule has 1 N–H and O–H groups in total. The molecule has 0 saturated carbocycles. The second kappa shape index (κ2) is 7.36. The standard InChI is InChI=1S/C15H18N4O3S/c1-2-19(14(20)9-23-15-16-10-17-18-15)7-11-8-21-12-5-3-4-6-13(12)22-11/h3-6,10-11H,2,7-9H2,1H3,(H,16,17,18)/t11-/m1/s1. The van der Waals surface area contributed by atoms with E-state index in [0.717, 1.165) is 11.5 Å². The van der Waals surface area contributed by atoms with Gasteiger partial charge in [0.1, 0.15) is 12.9 Å². The number of carbonyl (C=O) groups excluding carboxylic acids is 1. The van der Waals surface area contributed by atoms with Crippen molar-refractivity contribution in [1.29, 1.82) is 0 Å². The summed E-state index contributed by atoms with van der Waals surface area (Å²) in [7, 11) is 0. The Morgan fingerprint density at radius 1 is 1.43 bits per heavy atom. The highest BCUT2D eigenvalue weighted by molar-refractivity contribution is 7.99. The number of fused-ring (bicyclic) bond motifs is 1. The summed E-state index contributed by atoms with van der Waals surface area (Å²) in [6, 6.07) is 7.56. The van der Waals surface area contributed by atoms with Crippen molar-refractivity contribution in [3.8, 4) is 11.5 Å². The molecule has 122 valence electrons. The molecule has 0 saturated heterocycles. The molecule has 0 fully saturated rings. The Hall–Kier alpha value is -2.22. The molecule has 2 heterocycles. The van der Waals surface area contributed by atoms with Gasteiger partial charge in [-0.05, 0) is 19.1 Å². The van der Waals surface area contributed by atoms with E-state index in [1.54, 1.807) is 4.90 Å². The summed E-state index contributed by atoms with van der Waals surface area (Å²) in [6.07, 6.45) is 1.26. The van der Waals surface area contributed by atoms with Crippen LogP contribution in [0.5, 0.6) is 11.5 Å². The predicted octanol–water partition coefficient (Wildman–Crippen LogP) is 1.59. The number of ether oxygens (including phenoxy) is 2. The minimum atomic E-state index is -0.163. The Bertz CT molecular complexity index is 650. The zero-order valence-corrected chi connectivity index (χ0v) is 13.6. The number of thioether (sulfide) groups is 1. The molecule has 1 aromatic heterocycles. The first-order valence-electron chi connectivity index (χ1n) is 7.40. The summed E-state index contributed by atoms with van der Waals surface area (Å²) >= 11 is 1.34. The lowest BCUT2D eigenvalue weighted by molar-refractivity contribution is -0.129. The maximum Gasteiger partial charge on any atom is 0.233 e. The smallest absolute Gasteiger partial charge is 0.233 e. The Morgan fingerprint density at radius 3 is 3.00 bits per heavy atom. The second-order valence-electron chi connectivity index (χ2n) is 5.01. The van der Waals surface area contributed by atoms with Gasteiger partial charge in [-0.2, -0.15) is 5.10 Å². The number of amides is 1. The summed E-state index contributed by atoms with van der Waals surface area (Å²) in [5.74, 6) is 1.83. The zero-order valence-electron chi connectivity index (χ0n) is 12.8. The van der Waals surface area contributed by atoms with E-state index >= 15 is 0 Å². The van der Waals surface area contributed by atoms with Gasteiger partial charge in [-0.3, -0.25) is 9.89 Å². The predicted molar refractivity (Wildman–Crippen MR) is 85.7 cm³/mol. The van der Waals surface area contributed by atoms with Crippen LogP contribution < -0.4 is 9.47 Å². The number of likely N-dealkylation sites (N-methyl/N-ethyl adjacent to an activating group) is 1. The lowest BCUT2D eigenvalue weighted by Gasteiger charge is -2.30. The molecule has 1 aliphatic heterocycles. The molecule has 0 spiro atoms. The number of para-hydroxylation sites is 2. The van der Waals surface area contributed by atoms with E-state index < -0.39 is 0 Å². The molecule has 23 heavy (non-hydrogen) atoms. The third-order valence-corrected chi connectivity index (χ3v) is 4.31. The quantitative estimate of drug-likeness (QED) is 0.808. The maximum absolute atomic E-state index is 12.3. The summed E-state index contributed by atoms with van der Waals surface area (Å²) in [5, 5.41) is 7.13. The molecule has 1 amide bonds. The fourth-order valence-electron chi connectivity index (χ4n) is 2.29. The van der Waals surface area contributed by atoms with Gasteiger partial charge in [0.15, 0.2) is 22.8 Å². The average molecular weight is 334 g/mol. The third-order valence-electron chi connectivity index (χ3n) is 3.45. The van der Waals surface area contributed by atoms with Gasteiger partial charge in [0, 0.05) is 6.54 Å². The summed E-state index contributed by atoms with van der Waals surface area (Å²) in [5.41, 5.74) is 0. The van der Waals surface area contributed by atoms with Crippen LogP contribution in [-0.4, -0.2) is 57.5 Å². The van der Waals surface area contributed by atoms with Crippen molar-refractivity contribution >= 4 is 17.7 Å². The van der Waals surface area contributed by atoms with Crippen LogP contribution in [0.1, 0.15) is 6.92 Å². The molecule has 0 aliphatic carbocycles. The van der Waals surface area contributed by atoms with Gasteiger partial charge in [-0.25, -0.2) is 4.98 Å². The second-order valence-corrected chi connectivity index (χ2v) is 5.97. The summed E-state index contributed by atoms with van der Waals surface area (Å²) in [6.45, 7) is 3.52. The largest absolute Gasteiger partial charge is 0.486 e. The van der Waals surface area contributed by atoms with Crippen LogP contribution >= 0.6 is 11.8 Å². The monoisotopic (exact) mass is 334 g/mol. The molecule has 0 bridgehead atoms. The molecule has 7 nitrogen and oxygen atoms in total. The average Bonchev–Trinajstić information content (AvgIpc) is 3.11. The molecule has 3 rings (SSSR count). The first-order valence-corrected chi connectivity index (χ1v) is 8.39. The third kappa shape index (κ3) is 3.95. The van der Waals surface area contributed by atoms with Crippen molar-refractivity contribution in [3.63, 3.8) is 0 Å². The number of benzene rings is 1. The molecule has 8 heteroatoms. The Kier molecular flexibility index (Phi) is 5.02. The van der Waals surface area contributed by atoms with E-state index in [-0.39, 0.29) is 12.0 Å². The highest BCUT2D eigenvalue weighted by Gasteiger charge is 2.24. The number of rotatable bonds is 6. The van der Waals surface area contributed by atoms with E-state index in [1.807, 2.05) is 31.2 Å². The van der Waals surface area contributed by atoms with Gasteiger partial charge in [-0.15, -0.1) is 0 Å². The molecular formula is C15H18N4O3S. The highest BCUT2D eigenvalue weighted by atomic mass is 32.2. The van der Waals surface area contributed by atoms with Crippen LogP contribution in [0.4, 0.5) is 0 Å². The van der Waals surface area contributed by atoms with Crippen molar-refractivity contribution in [3.05, 3.63) is 30.6 Å². The number of hydrogen-bond donors (Lipinski definition) is 1. The summed E-state index contributed by atoms with van der Waals surface area (Å²) < 4.78 is 11.6. The minimum absolute atomic E-state index is 0.0383. The molecule has 1 atom stereocenters. The van der Waals surface area contributed by atoms with E-state index in [4.69, 9.17) is 9.47 Å². The highest BCUT2D eigenvalue weighted by Crippen LogP contribution is 2.31. The SMILES string of the molecule is CCN(C[C@@H]1COc2ccccc2O1)C(=O)CSc1ncn[nH]1. The lowest BCUT2D eigenvalue weighted by Crippen LogP contribution is -2.44. The van der Waals surface area contributed by atoms with Crippen molar-refractivity contribution in [2.45, 2.75) is 18.2 Å². The fraction of sp³-hybridized carbons (Fsp3) is 0.400. The number of H-pyrrole nitrogens is 1. The number of aromatic amines is 1. The van der Waals surface area contributed by atoms with Gasteiger partial charge >= 0.3 is 0 Å². The van der Waals surface area contributed by atoms with Crippen LogP contribution in [0.15, 0.2) is 35.7 Å². The van der Waals surface area contributed by atoms with Crippen molar-refractivity contribution in [1.82, 2.24) is 20.1 Å². The number of nitrogens with zero attached hydrogens (tertiary/aromatic N) is 3. The number of aromatic nitrogens is 3. The number of carbonyl (C=O) groups is 1. The Balaban J connectivity index is 1.54. The first kappa shape index (κ1) is 15.7. The van der Waals surface area contributed by atoms with Crippen molar-refractivity contribution < 1.29 is 14.3 Å². The van der Waals surface area contributed by atoms with Crippen LogP contribution in [0, 0.1) is 0 Å². The fourth-order valence-corrected chi connectivity index (χ4v) is 2.97. The van der Waals surface area contributed by atoms with E-state index in [9.17, 15) is 4.79 Å². The Morgan fingerprint density at radius 2 is 2.26 bits per heavy atom. The van der Waals surface area contributed by atoms with E-state index in [0.29, 0.717) is 30.6 Å². The van der Waals surface area contributed by atoms with Gasteiger partial charge in [0.2, 0.25) is 5.91 Å². The van der Waals surface area contributed by atoms with E-state index in [1.165, 1.54) is 18.1 Å². The maximum atomic E-state index is 12.3. The van der Waals surface area contributed by atoms with Crippen molar-refractivity contribution in [2.24, 2.45) is 0 Å². The van der Waals surface area contributed by atoms with Crippen molar-refractivity contribution in [2.75, 3.05) is 25.4 Å². The lowest BCUT2D eigenvalue weighted by atomic mass is 10.2.